The van der Waals surface area contributed by atoms with Crippen molar-refractivity contribution in [1.82, 2.24) is 14.7 Å². The van der Waals surface area contributed by atoms with Gasteiger partial charge in [0.05, 0.1) is 18.0 Å². The Morgan fingerprint density at radius 2 is 2.00 bits per heavy atom. The SMILES string of the molecule is Cc1cccn2c(CNCC3(C(O)c4ccccc4)CC3)cnc12. The van der Waals surface area contributed by atoms with E-state index in [0.717, 1.165) is 42.8 Å². The number of nitrogens with zero attached hydrogens (tertiary/aromatic N) is 2. The third kappa shape index (κ3) is 2.72. The Morgan fingerprint density at radius 3 is 2.75 bits per heavy atom. The molecular formula is C20H23N3O. The largest absolute Gasteiger partial charge is 0.388 e. The molecule has 3 aromatic rings. The van der Waals surface area contributed by atoms with E-state index in [1.807, 2.05) is 36.5 Å². The van der Waals surface area contributed by atoms with Gasteiger partial charge in [-0.3, -0.25) is 0 Å². The molecule has 4 heteroatoms. The molecule has 4 nitrogen and oxygen atoms in total. The maximum atomic E-state index is 10.7. The number of aliphatic hydroxyl groups is 1. The van der Waals surface area contributed by atoms with Crippen LogP contribution in [0.1, 0.15) is 35.8 Å². The summed E-state index contributed by atoms with van der Waals surface area (Å²) in [7, 11) is 0. The molecule has 0 amide bonds. The molecule has 0 radical (unpaired) electrons. The standard InChI is InChI=1S/C20H23N3O/c1-15-6-5-11-23-17(13-22-19(15)23)12-21-14-20(9-10-20)18(24)16-7-3-2-4-8-16/h2-8,11,13,18,21,24H,9-10,12,14H2,1H3. The van der Waals surface area contributed by atoms with Crippen LogP contribution in [0.3, 0.4) is 0 Å². The van der Waals surface area contributed by atoms with Crippen molar-refractivity contribution in [2.24, 2.45) is 5.41 Å². The number of fused-ring (bicyclic) bond motifs is 1. The second-order valence-corrected chi connectivity index (χ2v) is 6.91. The number of nitrogens with one attached hydrogen (secondary N) is 1. The molecule has 0 saturated heterocycles. The van der Waals surface area contributed by atoms with Gasteiger partial charge in [-0.1, -0.05) is 36.4 Å². The lowest BCUT2D eigenvalue weighted by Gasteiger charge is -2.23. The first-order chi connectivity index (χ1) is 11.7. The minimum atomic E-state index is -0.393. The highest BCUT2D eigenvalue weighted by Crippen LogP contribution is 2.54. The van der Waals surface area contributed by atoms with Gasteiger partial charge in [0, 0.05) is 24.7 Å². The number of imidazole rings is 1. The highest BCUT2D eigenvalue weighted by atomic mass is 16.3. The van der Waals surface area contributed by atoms with Crippen LogP contribution < -0.4 is 5.32 Å². The van der Waals surface area contributed by atoms with Crippen molar-refractivity contribution in [2.45, 2.75) is 32.4 Å². The zero-order valence-corrected chi connectivity index (χ0v) is 13.9. The lowest BCUT2D eigenvalue weighted by Crippen LogP contribution is -2.28. The predicted molar refractivity (Wildman–Crippen MR) is 94.7 cm³/mol. The van der Waals surface area contributed by atoms with Gasteiger partial charge in [0.25, 0.3) is 0 Å². The van der Waals surface area contributed by atoms with Gasteiger partial charge in [-0.2, -0.15) is 0 Å². The number of hydrogen-bond donors (Lipinski definition) is 2. The zero-order chi connectivity index (χ0) is 16.6. The molecule has 124 valence electrons. The molecule has 0 spiro atoms. The van der Waals surface area contributed by atoms with Crippen molar-refractivity contribution in [1.29, 1.82) is 0 Å². The van der Waals surface area contributed by atoms with E-state index in [4.69, 9.17) is 0 Å². The first-order valence-corrected chi connectivity index (χ1v) is 8.55. The Hall–Kier alpha value is -2.17. The van der Waals surface area contributed by atoms with Gasteiger partial charge in [0.1, 0.15) is 5.65 Å². The summed E-state index contributed by atoms with van der Waals surface area (Å²) < 4.78 is 2.13. The molecule has 1 atom stereocenters. The van der Waals surface area contributed by atoms with E-state index in [1.165, 1.54) is 5.56 Å². The number of aromatic nitrogens is 2. The quantitative estimate of drug-likeness (QED) is 0.733. The molecule has 1 aliphatic rings. The summed E-state index contributed by atoms with van der Waals surface area (Å²) in [5.74, 6) is 0. The fourth-order valence-electron chi connectivity index (χ4n) is 3.47. The van der Waals surface area contributed by atoms with E-state index in [9.17, 15) is 5.11 Å². The summed E-state index contributed by atoms with van der Waals surface area (Å²) in [6, 6.07) is 14.1. The Morgan fingerprint density at radius 1 is 1.21 bits per heavy atom. The summed E-state index contributed by atoms with van der Waals surface area (Å²) >= 11 is 0. The predicted octanol–water partition coefficient (Wildman–Crippen LogP) is 3.25. The third-order valence-corrected chi connectivity index (χ3v) is 5.18. The van der Waals surface area contributed by atoms with Crippen LogP contribution in [0.15, 0.2) is 54.9 Å². The zero-order valence-electron chi connectivity index (χ0n) is 13.9. The molecule has 1 saturated carbocycles. The fraction of sp³-hybridized carbons (Fsp3) is 0.350. The van der Waals surface area contributed by atoms with E-state index in [2.05, 4.69) is 40.0 Å². The van der Waals surface area contributed by atoms with E-state index < -0.39 is 6.10 Å². The van der Waals surface area contributed by atoms with Crippen LogP contribution in [0.5, 0.6) is 0 Å². The van der Waals surface area contributed by atoms with Crippen molar-refractivity contribution >= 4 is 5.65 Å². The molecule has 4 rings (SSSR count). The van der Waals surface area contributed by atoms with Crippen LogP contribution >= 0.6 is 0 Å². The average Bonchev–Trinajstić information content (AvgIpc) is 3.29. The second-order valence-electron chi connectivity index (χ2n) is 6.91. The Balaban J connectivity index is 1.43. The molecule has 2 aromatic heterocycles. The van der Waals surface area contributed by atoms with Crippen molar-refractivity contribution in [3.63, 3.8) is 0 Å². The number of benzene rings is 1. The number of pyridine rings is 1. The Labute approximate surface area is 142 Å². The van der Waals surface area contributed by atoms with Gasteiger partial charge in [-0.25, -0.2) is 4.98 Å². The van der Waals surface area contributed by atoms with Gasteiger partial charge in [0.2, 0.25) is 0 Å². The highest BCUT2D eigenvalue weighted by molar-refractivity contribution is 5.48. The van der Waals surface area contributed by atoms with E-state index in [1.54, 1.807) is 0 Å². The van der Waals surface area contributed by atoms with Crippen molar-refractivity contribution in [2.75, 3.05) is 6.54 Å². The van der Waals surface area contributed by atoms with Crippen LogP contribution in [-0.2, 0) is 6.54 Å². The van der Waals surface area contributed by atoms with Crippen LogP contribution in [0.25, 0.3) is 5.65 Å². The Bertz CT molecular complexity index is 836. The molecule has 2 N–H and O–H groups in total. The van der Waals surface area contributed by atoms with Crippen LogP contribution in [-0.4, -0.2) is 21.0 Å². The monoisotopic (exact) mass is 321 g/mol. The van der Waals surface area contributed by atoms with Gasteiger partial charge >= 0.3 is 0 Å². The molecule has 2 heterocycles. The lowest BCUT2D eigenvalue weighted by atomic mass is 9.92. The first-order valence-electron chi connectivity index (χ1n) is 8.55. The second kappa shape index (κ2) is 6.04. The van der Waals surface area contributed by atoms with E-state index in [0.29, 0.717) is 0 Å². The summed E-state index contributed by atoms with van der Waals surface area (Å²) in [6.45, 7) is 3.66. The number of aryl methyl sites for hydroxylation is 1. The first kappa shape index (κ1) is 15.4. The minimum Gasteiger partial charge on any atom is -0.388 e. The van der Waals surface area contributed by atoms with Crippen molar-refractivity contribution in [3.8, 4) is 0 Å². The maximum Gasteiger partial charge on any atom is 0.139 e. The van der Waals surface area contributed by atoms with Crippen LogP contribution in [0, 0.1) is 12.3 Å². The van der Waals surface area contributed by atoms with Gasteiger partial charge in [-0.05, 0) is 37.0 Å². The Kier molecular flexibility index (Phi) is 3.87. The van der Waals surface area contributed by atoms with E-state index in [-0.39, 0.29) is 5.41 Å². The van der Waals surface area contributed by atoms with Crippen LogP contribution in [0.2, 0.25) is 0 Å². The van der Waals surface area contributed by atoms with E-state index >= 15 is 0 Å². The smallest absolute Gasteiger partial charge is 0.139 e. The van der Waals surface area contributed by atoms with Gasteiger partial charge < -0.3 is 14.8 Å². The fourth-order valence-corrected chi connectivity index (χ4v) is 3.47. The number of aliphatic hydroxyl groups excluding tert-OH is 1. The average molecular weight is 321 g/mol. The summed E-state index contributed by atoms with van der Waals surface area (Å²) in [4.78, 5) is 4.51. The third-order valence-electron chi connectivity index (χ3n) is 5.18. The molecule has 1 aliphatic carbocycles. The van der Waals surface area contributed by atoms with Gasteiger partial charge in [0.15, 0.2) is 0 Å². The molecule has 0 aliphatic heterocycles. The molecule has 1 fully saturated rings. The van der Waals surface area contributed by atoms with Crippen LogP contribution in [0.4, 0.5) is 0 Å². The highest BCUT2D eigenvalue weighted by Gasteiger charge is 2.48. The summed E-state index contributed by atoms with van der Waals surface area (Å²) in [6.07, 6.45) is 5.74. The lowest BCUT2D eigenvalue weighted by molar-refractivity contribution is 0.0916. The molecular weight excluding hydrogens is 298 g/mol. The minimum absolute atomic E-state index is 0.0161. The number of rotatable bonds is 6. The molecule has 1 aromatic carbocycles. The summed E-state index contributed by atoms with van der Waals surface area (Å²) in [5, 5.41) is 14.3. The van der Waals surface area contributed by atoms with Gasteiger partial charge in [-0.15, -0.1) is 0 Å². The maximum absolute atomic E-state index is 10.7. The molecule has 1 unspecified atom stereocenters. The van der Waals surface area contributed by atoms with Crippen molar-refractivity contribution in [3.05, 3.63) is 71.7 Å². The molecule has 0 bridgehead atoms. The topological polar surface area (TPSA) is 49.6 Å². The normalized spacial score (nSPS) is 17.1. The molecule has 24 heavy (non-hydrogen) atoms. The number of hydrogen-bond acceptors (Lipinski definition) is 3. The van der Waals surface area contributed by atoms with Crippen molar-refractivity contribution < 1.29 is 5.11 Å². The summed E-state index contributed by atoms with van der Waals surface area (Å²) in [5.41, 5.74) is 4.35.